The molecule has 0 aliphatic rings. The molecule has 0 heterocycles. The summed E-state index contributed by atoms with van der Waals surface area (Å²) in [4.78, 5) is 12.4. The SMILES string of the molecule is CCC(=O)N(C)C[C@H](O)C(O)[C@H](O)[C@H](O)CO. The molecule has 0 radical (unpaired) electrons. The molecule has 5 N–H and O–H groups in total. The number of likely N-dealkylation sites (N-methyl/N-ethyl adjacent to an activating group) is 1. The summed E-state index contributed by atoms with van der Waals surface area (Å²) in [6.07, 6.45) is -5.97. The molecule has 0 rings (SSSR count). The topological polar surface area (TPSA) is 121 Å². The van der Waals surface area contributed by atoms with E-state index < -0.39 is 31.0 Å². The van der Waals surface area contributed by atoms with Crippen LogP contribution in [0, 0.1) is 0 Å². The largest absolute Gasteiger partial charge is 0.394 e. The minimum Gasteiger partial charge on any atom is -0.394 e. The highest BCUT2D eigenvalue weighted by molar-refractivity contribution is 5.75. The van der Waals surface area contributed by atoms with Gasteiger partial charge < -0.3 is 30.4 Å². The Morgan fingerprint density at radius 1 is 1.12 bits per heavy atom. The first-order valence-corrected chi connectivity index (χ1v) is 5.42. The quantitative estimate of drug-likeness (QED) is 0.335. The van der Waals surface area contributed by atoms with Crippen LogP contribution in [0.5, 0.6) is 0 Å². The first kappa shape index (κ1) is 16.3. The lowest BCUT2D eigenvalue weighted by molar-refractivity contribution is -0.137. The van der Waals surface area contributed by atoms with Gasteiger partial charge in [0.2, 0.25) is 5.91 Å². The summed E-state index contributed by atoms with van der Waals surface area (Å²) < 4.78 is 0. The van der Waals surface area contributed by atoms with Crippen molar-refractivity contribution in [3.63, 3.8) is 0 Å². The lowest BCUT2D eigenvalue weighted by Crippen LogP contribution is -2.49. The number of amides is 1. The maximum Gasteiger partial charge on any atom is 0.222 e. The molecule has 1 amide bonds. The van der Waals surface area contributed by atoms with E-state index in [1.807, 2.05) is 0 Å². The van der Waals surface area contributed by atoms with Crippen molar-refractivity contribution in [1.82, 2.24) is 4.90 Å². The van der Waals surface area contributed by atoms with Crippen LogP contribution in [0.4, 0.5) is 0 Å². The average molecular weight is 251 g/mol. The normalized spacial score (nSPS) is 18.3. The van der Waals surface area contributed by atoms with Gasteiger partial charge in [-0.25, -0.2) is 0 Å². The molecule has 0 spiro atoms. The van der Waals surface area contributed by atoms with E-state index in [4.69, 9.17) is 10.2 Å². The van der Waals surface area contributed by atoms with E-state index in [1.165, 1.54) is 11.9 Å². The number of rotatable bonds is 7. The van der Waals surface area contributed by atoms with Gasteiger partial charge in [-0.1, -0.05) is 6.92 Å². The van der Waals surface area contributed by atoms with E-state index in [0.717, 1.165) is 0 Å². The van der Waals surface area contributed by atoms with Gasteiger partial charge in [-0.3, -0.25) is 4.79 Å². The molecule has 0 aliphatic heterocycles. The summed E-state index contributed by atoms with van der Waals surface area (Å²) in [6, 6.07) is 0. The molecular formula is C10H21NO6. The molecule has 0 aromatic heterocycles. The van der Waals surface area contributed by atoms with E-state index in [2.05, 4.69) is 0 Å². The lowest BCUT2D eigenvalue weighted by Gasteiger charge is -2.28. The van der Waals surface area contributed by atoms with E-state index in [9.17, 15) is 20.1 Å². The van der Waals surface area contributed by atoms with Crippen LogP contribution in [0.25, 0.3) is 0 Å². The third kappa shape index (κ3) is 4.97. The van der Waals surface area contributed by atoms with E-state index in [-0.39, 0.29) is 18.9 Å². The number of aliphatic hydroxyl groups excluding tert-OH is 5. The van der Waals surface area contributed by atoms with Crippen LogP contribution in [-0.2, 0) is 4.79 Å². The molecule has 0 saturated carbocycles. The monoisotopic (exact) mass is 251 g/mol. The van der Waals surface area contributed by atoms with Crippen molar-refractivity contribution in [3.05, 3.63) is 0 Å². The Hall–Kier alpha value is -0.730. The van der Waals surface area contributed by atoms with Crippen molar-refractivity contribution in [2.75, 3.05) is 20.2 Å². The first-order valence-electron chi connectivity index (χ1n) is 5.42. The van der Waals surface area contributed by atoms with E-state index >= 15 is 0 Å². The summed E-state index contributed by atoms with van der Waals surface area (Å²) >= 11 is 0. The van der Waals surface area contributed by atoms with Crippen molar-refractivity contribution < 1.29 is 30.3 Å². The molecule has 1 unspecified atom stereocenters. The molecule has 0 aliphatic carbocycles. The predicted octanol–water partition coefficient (Wildman–Crippen LogP) is -2.71. The molecule has 0 aromatic carbocycles. The highest BCUT2D eigenvalue weighted by Crippen LogP contribution is 2.06. The fraction of sp³-hybridized carbons (Fsp3) is 0.900. The zero-order valence-electron chi connectivity index (χ0n) is 10.0. The van der Waals surface area contributed by atoms with Crippen LogP contribution in [-0.4, -0.2) is 81.0 Å². The van der Waals surface area contributed by atoms with Crippen molar-refractivity contribution >= 4 is 5.91 Å². The van der Waals surface area contributed by atoms with Crippen molar-refractivity contribution in [1.29, 1.82) is 0 Å². The van der Waals surface area contributed by atoms with Crippen LogP contribution >= 0.6 is 0 Å². The van der Waals surface area contributed by atoms with Gasteiger partial charge in [0.05, 0.1) is 6.61 Å². The minimum absolute atomic E-state index is 0.164. The molecule has 0 bridgehead atoms. The second-order valence-electron chi connectivity index (χ2n) is 3.93. The van der Waals surface area contributed by atoms with Crippen molar-refractivity contribution in [2.24, 2.45) is 0 Å². The molecule has 102 valence electrons. The zero-order valence-corrected chi connectivity index (χ0v) is 10.0. The van der Waals surface area contributed by atoms with Crippen LogP contribution in [0.15, 0.2) is 0 Å². The molecule has 7 nitrogen and oxygen atoms in total. The van der Waals surface area contributed by atoms with Gasteiger partial charge in [0, 0.05) is 20.0 Å². The second-order valence-corrected chi connectivity index (χ2v) is 3.93. The first-order chi connectivity index (χ1) is 7.84. The number of carbonyl (C=O) groups is 1. The molecule has 7 heteroatoms. The van der Waals surface area contributed by atoms with Gasteiger partial charge in [-0.2, -0.15) is 0 Å². The fourth-order valence-electron chi connectivity index (χ4n) is 1.32. The Labute approximate surface area is 99.9 Å². The number of carbonyl (C=O) groups excluding carboxylic acids is 1. The summed E-state index contributed by atoms with van der Waals surface area (Å²) in [7, 11) is 1.45. The molecule has 17 heavy (non-hydrogen) atoms. The molecular weight excluding hydrogens is 230 g/mol. The van der Waals surface area contributed by atoms with Gasteiger partial charge in [-0.05, 0) is 0 Å². The smallest absolute Gasteiger partial charge is 0.222 e. The Kier molecular flexibility index (Phi) is 7.24. The Balaban J connectivity index is 4.30. The van der Waals surface area contributed by atoms with E-state index in [0.29, 0.717) is 0 Å². The molecule has 0 fully saturated rings. The maximum absolute atomic E-state index is 11.2. The van der Waals surface area contributed by atoms with Crippen LogP contribution < -0.4 is 0 Å². The zero-order chi connectivity index (χ0) is 13.6. The van der Waals surface area contributed by atoms with Gasteiger partial charge in [0.1, 0.15) is 24.4 Å². The number of hydrogen-bond donors (Lipinski definition) is 5. The standard InChI is InChI=1S/C10H21NO6/c1-3-8(15)11(2)4-6(13)9(16)10(17)7(14)5-12/h6-7,9-10,12-14,16-17H,3-5H2,1-2H3/t6-,7+,9?,10+/m0/s1. The van der Waals surface area contributed by atoms with Crippen LogP contribution in [0.2, 0.25) is 0 Å². The summed E-state index contributed by atoms with van der Waals surface area (Å²) in [6.45, 7) is 0.768. The molecule has 0 aromatic rings. The number of hydrogen-bond acceptors (Lipinski definition) is 6. The molecule has 4 atom stereocenters. The third-order valence-corrected chi connectivity index (χ3v) is 2.51. The highest BCUT2D eigenvalue weighted by atomic mass is 16.4. The number of aliphatic hydroxyl groups is 5. The van der Waals surface area contributed by atoms with Gasteiger partial charge in [0.15, 0.2) is 0 Å². The van der Waals surface area contributed by atoms with Gasteiger partial charge >= 0.3 is 0 Å². The van der Waals surface area contributed by atoms with Gasteiger partial charge in [-0.15, -0.1) is 0 Å². The number of nitrogens with zero attached hydrogens (tertiary/aromatic N) is 1. The summed E-state index contributed by atoms with van der Waals surface area (Å²) in [5.41, 5.74) is 0. The maximum atomic E-state index is 11.2. The predicted molar refractivity (Wildman–Crippen MR) is 59.0 cm³/mol. The lowest BCUT2D eigenvalue weighted by atomic mass is 10.0. The van der Waals surface area contributed by atoms with Gasteiger partial charge in [0.25, 0.3) is 0 Å². The summed E-state index contributed by atoms with van der Waals surface area (Å²) in [5, 5.41) is 46.0. The van der Waals surface area contributed by atoms with E-state index in [1.54, 1.807) is 6.92 Å². The minimum atomic E-state index is -1.67. The second kappa shape index (κ2) is 7.57. The summed E-state index contributed by atoms with van der Waals surface area (Å²) in [5.74, 6) is -0.214. The Bertz CT molecular complexity index is 237. The Morgan fingerprint density at radius 2 is 1.59 bits per heavy atom. The Morgan fingerprint density at radius 3 is 2.00 bits per heavy atom. The van der Waals surface area contributed by atoms with Crippen molar-refractivity contribution in [2.45, 2.75) is 37.8 Å². The van der Waals surface area contributed by atoms with Crippen LogP contribution in [0.1, 0.15) is 13.3 Å². The van der Waals surface area contributed by atoms with Crippen LogP contribution in [0.3, 0.4) is 0 Å². The highest BCUT2D eigenvalue weighted by Gasteiger charge is 2.30. The molecule has 0 saturated heterocycles. The third-order valence-electron chi connectivity index (χ3n) is 2.51. The average Bonchev–Trinajstić information content (AvgIpc) is 2.34. The van der Waals surface area contributed by atoms with Crippen molar-refractivity contribution in [3.8, 4) is 0 Å². The fourth-order valence-corrected chi connectivity index (χ4v) is 1.32.